The van der Waals surface area contributed by atoms with E-state index in [2.05, 4.69) is 20.8 Å². The molecule has 1 heterocycles. The molecule has 1 aromatic heterocycles. The number of benzene rings is 1. The molecule has 94 valence electrons. The second-order valence-corrected chi connectivity index (χ2v) is 3.82. The van der Waals surface area contributed by atoms with Gasteiger partial charge in [0.1, 0.15) is 0 Å². The summed E-state index contributed by atoms with van der Waals surface area (Å²) in [5.41, 5.74) is 1.46. The van der Waals surface area contributed by atoms with Crippen molar-refractivity contribution in [3.8, 4) is 11.5 Å². The van der Waals surface area contributed by atoms with Gasteiger partial charge in [0.05, 0.1) is 6.04 Å². The zero-order chi connectivity index (χ0) is 13.0. The first-order chi connectivity index (χ1) is 8.70. The highest BCUT2D eigenvalue weighted by Gasteiger charge is 2.11. The van der Waals surface area contributed by atoms with E-state index in [0.717, 1.165) is 5.56 Å². The van der Waals surface area contributed by atoms with Crippen molar-refractivity contribution in [2.24, 2.45) is 0 Å². The fourth-order valence-corrected chi connectivity index (χ4v) is 1.41. The molecule has 0 bridgehead atoms. The molecule has 6 nitrogen and oxygen atoms in total. The SMILES string of the molecule is CNC(C)C(=O)Nc1cccc(-c2nnco2)c1. The van der Waals surface area contributed by atoms with Gasteiger partial charge in [-0.05, 0) is 32.2 Å². The molecule has 6 heteroatoms. The van der Waals surface area contributed by atoms with Crippen LogP contribution >= 0.6 is 0 Å². The summed E-state index contributed by atoms with van der Waals surface area (Å²) in [6.07, 6.45) is 1.27. The van der Waals surface area contributed by atoms with Gasteiger partial charge in [-0.25, -0.2) is 0 Å². The fraction of sp³-hybridized carbons (Fsp3) is 0.250. The summed E-state index contributed by atoms with van der Waals surface area (Å²) in [6.45, 7) is 1.79. The Morgan fingerprint density at radius 1 is 1.44 bits per heavy atom. The molecular formula is C12H14N4O2. The maximum absolute atomic E-state index is 11.7. The van der Waals surface area contributed by atoms with Crippen molar-refractivity contribution in [1.82, 2.24) is 15.5 Å². The lowest BCUT2D eigenvalue weighted by molar-refractivity contribution is -0.117. The van der Waals surface area contributed by atoms with Gasteiger partial charge in [0.15, 0.2) is 0 Å². The normalized spacial score (nSPS) is 12.1. The number of likely N-dealkylation sites (N-methyl/N-ethyl adjacent to an activating group) is 1. The van der Waals surface area contributed by atoms with Crippen LogP contribution in [0.1, 0.15) is 6.92 Å². The number of anilines is 1. The van der Waals surface area contributed by atoms with Crippen LogP contribution in [0.2, 0.25) is 0 Å². The van der Waals surface area contributed by atoms with E-state index >= 15 is 0 Å². The third-order valence-corrected chi connectivity index (χ3v) is 2.56. The Hall–Kier alpha value is -2.21. The van der Waals surface area contributed by atoms with Crippen molar-refractivity contribution in [3.05, 3.63) is 30.7 Å². The number of nitrogens with one attached hydrogen (secondary N) is 2. The lowest BCUT2D eigenvalue weighted by Gasteiger charge is -2.11. The molecule has 0 fully saturated rings. The lowest BCUT2D eigenvalue weighted by atomic mass is 10.2. The summed E-state index contributed by atoms with van der Waals surface area (Å²) < 4.78 is 5.10. The molecule has 2 rings (SSSR count). The number of nitrogens with zero attached hydrogens (tertiary/aromatic N) is 2. The van der Waals surface area contributed by atoms with Gasteiger partial charge in [0, 0.05) is 11.3 Å². The van der Waals surface area contributed by atoms with E-state index in [1.54, 1.807) is 26.1 Å². The monoisotopic (exact) mass is 246 g/mol. The van der Waals surface area contributed by atoms with Crippen molar-refractivity contribution in [1.29, 1.82) is 0 Å². The molecule has 1 amide bonds. The molecule has 1 aromatic carbocycles. The zero-order valence-corrected chi connectivity index (χ0v) is 10.2. The molecule has 2 N–H and O–H groups in total. The number of amides is 1. The smallest absolute Gasteiger partial charge is 0.247 e. The van der Waals surface area contributed by atoms with Crippen LogP contribution in [0.3, 0.4) is 0 Å². The van der Waals surface area contributed by atoms with Crippen molar-refractivity contribution < 1.29 is 9.21 Å². The summed E-state index contributed by atoms with van der Waals surface area (Å²) in [7, 11) is 1.74. The fourth-order valence-electron chi connectivity index (χ4n) is 1.41. The van der Waals surface area contributed by atoms with Crippen LogP contribution in [0.15, 0.2) is 35.1 Å². The third-order valence-electron chi connectivity index (χ3n) is 2.56. The van der Waals surface area contributed by atoms with Crippen LogP contribution in [0.4, 0.5) is 5.69 Å². The Balaban J connectivity index is 2.16. The summed E-state index contributed by atoms with van der Waals surface area (Å²) in [5.74, 6) is 0.327. The number of carbonyl (C=O) groups is 1. The largest absolute Gasteiger partial charge is 0.423 e. The summed E-state index contributed by atoms with van der Waals surface area (Å²) in [6, 6.07) is 7.00. The second-order valence-electron chi connectivity index (χ2n) is 3.82. The Morgan fingerprint density at radius 3 is 2.94 bits per heavy atom. The molecule has 1 atom stereocenters. The van der Waals surface area contributed by atoms with Crippen molar-refractivity contribution in [2.45, 2.75) is 13.0 Å². The van der Waals surface area contributed by atoms with Gasteiger partial charge >= 0.3 is 0 Å². The Kier molecular flexibility index (Phi) is 3.69. The van der Waals surface area contributed by atoms with Crippen LogP contribution in [-0.4, -0.2) is 29.2 Å². The van der Waals surface area contributed by atoms with E-state index in [1.165, 1.54) is 6.39 Å². The number of hydrogen-bond donors (Lipinski definition) is 2. The molecular weight excluding hydrogens is 232 g/mol. The van der Waals surface area contributed by atoms with Crippen LogP contribution in [-0.2, 0) is 4.79 Å². The van der Waals surface area contributed by atoms with Crippen molar-refractivity contribution in [3.63, 3.8) is 0 Å². The van der Waals surface area contributed by atoms with E-state index in [0.29, 0.717) is 11.6 Å². The highest BCUT2D eigenvalue weighted by Crippen LogP contribution is 2.20. The van der Waals surface area contributed by atoms with E-state index < -0.39 is 0 Å². The number of carbonyl (C=O) groups excluding carboxylic acids is 1. The second kappa shape index (κ2) is 5.42. The van der Waals surface area contributed by atoms with Gasteiger partial charge in [0.2, 0.25) is 18.2 Å². The molecule has 1 unspecified atom stereocenters. The predicted molar refractivity (Wildman–Crippen MR) is 66.9 cm³/mol. The average Bonchev–Trinajstić information content (AvgIpc) is 2.92. The standard InChI is InChI=1S/C12H14N4O2/c1-8(13-2)11(17)15-10-5-3-4-9(6-10)12-16-14-7-18-12/h3-8,13H,1-2H3,(H,15,17). The van der Waals surface area contributed by atoms with Gasteiger partial charge in [-0.15, -0.1) is 10.2 Å². The van der Waals surface area contributed by atoms with Gasteiger partial charge in [0.25, 0.3) is 0 Å². The van der Waals surface area contributed by atoms with Crippen LogP contribution in [0.5, 0.6) is 0 Å². The van der Waals surface area contributed by atoms with Crippen LogP contribution in [0.25, 0.3) is 11.5 Å². The molecule has 0 aliphatic rings. The lowest BCUT2D eigenvalue weighted by Crippen LogP contribution is -2.35. The van der Waals surface area contributed by atoms with Crippen LogP contribution in [0, 0.1) is 0 Å². The van der Waals surface area contributed by atoms with E-state index in [1.807, 2.05) is 12.1 Å². The van der Waals surface area contributed by atoms with E-state index in [-0.39, 0.29) is 11.9 Å². The molecule has 0 saturated carbocycles. The molecule has 18 heavy (non-hydrogen) atoms. The van der Waals surface area contributed by atoms with E-state index in [9.17, 15) is 4.79 Å². The van der Waals surface area contributed by atoms with Gasteiger partial charge in [-0.2, -0.15) is 0 Å². The van der Waals surface area contributed by atoms with Crippen molar-refractivity contribution in [2.75, 3.05) is 12.4 Å². The van der Waals surface area contributed by atoms with Crippen molar-refractivity contribution >= 4 is 11.6 Å². The summed E-state index contributed by atoms with van der Waals surface area (Å²) >= 11 is 0. The Labute approximate surface area is 104 Å². The molecule has 0 radical (unpaired) electrons. The quantitative estimate of drug-likeness (QED) is 0.849. The molecule has 0 saturated heterocycles. The Bertz CT molecular complexity index is 525. The number of rotatable bonds is 4. The van der Waals surface area contributed by atoms with Gasteiger partial charge < -0.3 is 15.1 Å². The van der Waals surface area contributed by atoms with E-state index in [4.69, 9.17) is 4.42 Å². The first-order valence-corrected chi connectivity index (χ1v) is 5.55. The minimum Gasteiger partial charge on any atom is -0.423 e. The Morgan fingerprint density at radius 2 is 2.28 bits per heavy atom. The number of hydrogen-bond acceptors (Lipinski definition) is 5. The molecule has 0 spiro atoms. The maximum atomic E-state index is 11.7. The molecule has 0 aliphatic heterocycles. The summed E-state index contributed by atoms with van der Waals surface area (Å²) in [4.78, 5) is 11.7. The number of aromatic nitrogens is 2. The molecule has 2 aromatic rings. The maximum Gasteiger partial charge on any atom is 0.247 e. The van der Waals surface area contributed by atoms with Gasteiger partial charge in [-0.1, -0.05) is 6.07 Å². The highest BCUT2D eigenvalue weighted by molar-refractivity contribution is 5.94. The first-order valence-electron chi connectivity index (χ1n) is 5.55. The van der Waals surface area contributed by atoms with Gasteiger partial charge in [-0.3, -0.25) is 4.79 Å². The molecule has 0 aliphatic carbocycles. The predicted octanol–water partition coefficient (Wildman–Crippen LogP) is 1.28. The highest BCUT2D eigenvalue weighted by atomic mass is 16.4. The summed E-state index contributed by atoms with van der Waals surface area (Å²) in [5, 5.41) is 13.1. The average molecular weight is 246 g/mol. The minimum absolute atomic E-state index is 0.0971. The third kappa shape index (κ3) is 2.72. The van der Waals surface area contributed by atoms with Crippen LogP contribution < -0.4 is 10.6 Å². The first kappa shape index (κ1) is 12.3. The minimum atomic E-state index is -0.253. The zero-order valence-electron chi connectivity index (χ0n) is 10.2. The topological polar surface area (TPSA) is 80.0 Å².